The number of aryl methyl sites for hydroxylation is 1. The topological polar surface area (TPSA) is 58.1 Å². The lowest BCUT2D eigenvalue weighted by atomic mass is 9.97. The summed E-state index contributed by atoms with van der Waals surface area (Å²) in [6, 6.07) is 12.1. The van der Waals surface area contributed by atoms with Crippen molar-refractivity contribution in [2.75, 3.05) is 18.0 Å². The monoisotopic (exact) mass is 366 g/mol. The summed E-state index contributed by atoms with van der Waals surface area (Å²) in [7, 11) is 0. The predicted molar refractivity (Wildman–Crippen MR) is 105 cm³/mol. The van der Waals surface area contributed by atoms with Gasteiger partial charge in [-0.05, 0) is 43.0 Å². The van der Waals surface area contributed by atoms with Crippen LogP contribution in [0.3, 0.4) is 0 Å². The highest BCUT2D eigenvalue weighted by atomic mass is 32.1. The van der Waals surface area contributed by atoms with E-state index in [1.807, 2.05) is 24.3 Å². The van der Waals surface area contributed by atoms with Crippen LogP contribution in [-0.4, -0.2) is 29.0 Å². The molecule has 0 radical (unpaired) electrons. The van der Waals surface area contributed by atoms with Crippen molar-refractivity contribution in [1.29, 1.82) is 0 Å². The van der Waals surface area contributed by atoms with Gasteiger partial charge >= 0.3 is 0 Å². The summed E-state index contributed by atoms with van der Waals surface area (Å²) in [6.07, 6.45) is 3.73. The highest BCUT2D eigenvalue weighted by Gasteiger charge is 2.27. The number of aromatic nitrogens is 2. The number of carbonyl (C=O) groups excluding carboxylic acids is 1. The van der Waals surface area contributed by atoms with Gasteiger partial charge in [-0.25, -0.2) is 9.97 Å². The number of fused-ring (bicyclic) bond motifs is 1. The molecule has 1 saturated heterocycles. The molecule has 0 aliphatic carbocycles. The van der Waals surface area contributed by atoms with Gasteiger partial charge < -0.3 is 10.2 Å². The number of amides is 1. The fourth-order valence-electron chi connectivity index (χ4n) is 3.39. The van der Waals surface area contributed by atoms with Crippen LogP contribution in [0.4, 0.5) is 5.13 Å². The molecular weight excluding hydrogens is 344 g/mol. The molecule has 0 saturated carbocycles. The first-order valence-electron chi connectivity index (χ1n) is 8.99. The summed E-state index contributed by atoms with van der Waals surface area (Å²) in [5.74, 6) is 0.143. The van der Waals surface area contributed by atoms with Crippen LogP contribution >= 0.6 is 11.3 Å². The molecule has 26 heavy (non-hydrogen) atoms. The van der Waals surface area contributed by atoms with Gasteiger partial charge in [0.2, 0.25) is 5.91 Å². The fraction of sp³-hybridized carbons (Fsp3) is 0.350. The van der Waals surface area contributed by atoms with Crippen LogP contribution < -0.4 is 10.2 Å². The van der Waals surface area contributed by atoms with Crippen LogP contribution in [0, 0.1) is 12.8 Å². The summed E-state index contributed by atoms with van der Waals surface area (Å²) in [5.41, 5.74) is 3.31. The average molecular weight is 366 g/mol. The van der Waals surface area contributed by atoms with Crippen molar-refractivity contribution >= 4 is 32.7 Å². The Balaban J connectivity index is 1.41. The average Bonchev–Trinajstić information content (AvgIpc) is 3.11. The second-order valence-electron chi connectivity index (χ2n) is 6.75. The van der Waals surface area contributed by atoms with Crippen molar-refractivity contribution in [3.8, 4) is 0 Å². The lowest BCUT2D eigenvalue weighted by Crippen LogP contribution is -2.43. The van der Waals surface area contributed by atoms with Crippen LogP contribution in [0.1, 0.15) is 24.0 Å². The summed E-state index contributed by atoms with van der Waals surface area (Å²) in [5, 5.41) is 4.08. The third kappa shape index (κ3) is 3.55. The number of piperidine rings is 1. The third-order valence-electron chi connectivity index (χ3n) is 4.93. The van der Waals surface area contributed by atoms with E-state index in [2.05, 4.69) is 39.2 Å². The zero-order valence-electron chi connectivity index (χ0n) is 14.8. The molecule has 2 aromatic heterocycles. The number of carbonyl (C=O) groups is 1. The van der Waals surface area contributed by atoms with Gasteiger partial charge in [-0.15, -0.1) is 0 Å². The van der Waals surface area contributed by atoms with Gasteiger partial charge in [0, 0.05) is 25.8 Å². The molecular formula is C20H22N4OS. The number of rotatable bonds is 4. The van der Waals surface area contributed by atoms with Crippen molar-refractivity contribution in [1.82, 2.24) is 15.3 Å². The van der Waals surface area contributed by atoms with Crippen LogP contribution in [0.2, 0.25) is 0 Å². The molecule has 1 fully saturated rings. The van der Waals surface area contributed by atoms with E-state index < -0.39 is 0 Å². The number of thiazole rings is 1. The van der Waals surface area contributed by atoms with E-state index in [1.165, 1.54) is 11.1 Å². The van der Waals surface area contributed by atoms with Crippen molar-refractivity contribution in [3.63, 3.8) is 0 Å². The Morgan fingerprint density at radius 2 is 2.19 bits per heavy atom. The van der Waals surface area contributed by atoms with Gasteiger partial charge in [0.05, 0.1) is 5.92 Å². The lowest BCUT2D eigenvalue weighted by Gasteiger charge is -2.31. The maximum Gasteiger partial charge on any atom is 0.225 e. The van der Waals surface area contributed by atoms with Gasteiger partial charge in [0.1, 0.15) is 10.3 Å². The van der Waals surface area contributed by atoms with E-state index in [0.29, 0.717) is 6.54 Å². The molecule has 3 heterocycles. The van der Waals surface area contributed by atoms with E-state index in [1.54, 1.807) is 17.5 Å². The largest absolute Gasteiger partial charge is 0.352 e. The molecule has 1 aromatic carbocycles. The summed E-state index contributed by atoms with van der Waals surface area (Å²) < 4.78 is 0. The van der Waals surface area contributed by atoms with Crippen molar-refractivity contribution in [3.05, 3.63) is 53.7 Å². The zero-order chi connectivity index (χ0) is 17.9. The minimum atomic E-state index is 0.00717. The van der Waals surface area contributed by atoms with Crippen LogP contribution in [-0.2, 0) is 11.3 Å². The Labute approximate surface area is 157 Å². The summed E-state index contributed by atoms with van der Waals surface area (Å²) in [4.78, 5) is 24.9. The number of nitrogens with one attached hydrogen (secondary N) is 1. The Kier molecular flexibility index (Phi) is 4.84. The number of anilines is 1. The number of nitrogens with zero attached hydrogens (tertiary/aromatic N) is 3. The molecule has 1 aliphatic heterocycles. The van der Waals surface area contributed by atoms with Crippen molar-refractivity contribution in [2.45, 2.75) is 26.3 Å². The molecule has 3 aromatic rings. The van der Waals surface area contributed by atoms with Gasteiger partial charge in [0.25, 0.3) is 0 Å². The summed E-state index contributed by atoms with van der Waals surface area (Å²) in [6.45, 7) is 4.33. The first-order chi connectivity index (χ1) is 12.7. The van der Waals surface area contributed by atoms with Crippen molar-refractivity contribution in [2.24, 2.45) is 5.92 Å². The van der Waals surface area contributed by atoms with E-state index in [9.17, 15) is 4.79 Å². The van der Waals surface area contributed by atoms with Gasteiger partial charge in [-0.3, -0.25) is 4.79 Å². The normalized spacial score (nSPS) is 17.4. The third-order valence-corrected chi connectivity index (χ3v) is 5.97. The smallest absolute Gasteiger partial charge is 0.225 e. The van der Waals surface area contributed by atoms with Crippen LogP contribution in [0.25, 0.3) is 10.3 Å². The highest BCUT2D eigenvalue weighted by molar-refractivity contribution is 7.21. The lowest BCUT2D eigenvalue weighted by molar-refractivity contribution is -0.125. The van der Waals surface area contributed by atoms with Crippen molar-refractivity contribution < 1.29 is 4.79 Å². The Morgan fingerprint density at radius 3 is 3.04 bits per heavy atom. The first-order valence-corrected chi connectivity index (χ1v) is 9.81. The molecule has 1 amide bonds. The zero-order valence-corrected chi connectivity index (χ0v) is 15.6. The maximum absolute atomic E-state index is 12.7. The Bertz CT molecular complexity index is 890. The second kappa shape index (κ2) is 7.41. The van der Waals surface area contributed by atoms with E-state index in [0.717, 1.165) is 41.4 Å². The Hall–Kier alpha value is -2.47. The fourth-order valence-corrected chi connectivity index (χ4v) is 4.34. The summed E-state index contributed by atoms with van der Waals surface area (Å²) >= 11 is 1.60. The molecule has 0 bridgehead atoms. The van der Waals surface area contributed by atoms with E-state index in [4.69, 9.17) is 0 Å². The molecule has 134 valence electrons. The molecule has 1 atom stereocenters. The molecule has 6 heteroatoms. The highest BCUT2D eigenvalue weighted by Crippen LogP contribution is 2.30. The van der Waals surface area contributed by atoms with E-state index >= 15 is 0 Å². The quantitative estimate of drug-likeness (QED) is 0.767. The van der Waals surface area contributed by atoms with Gasteiger partial charge in [-0.2, -0.15) is 0 Å². The van der Waals surface area contributed by atoms with Crippen LogP contribution in [0.15, 0.2) is 42.6 Å². The minimum Gasteiger partial charge on any atom is -0.352 e. The number of hydrogen-bond acceptors (Lipinski definition) is 5. The number of benzene rings is 1. The van der Waals surface area contributed by atoms with Crippen LogP contribution in [0.5, 0.6) is 0 Å². The van der Waals surface area contributed by atoms with E-state index in [-0.39, 0.29) is 11.8 Å². The molecule has 1 unspecified atom stereocenters. The SMILES string of the molecule is Cc1ccccc1CNC(=O)C1CCCN(c2nc3cccnc3s2)C1. The van der Waals surface area contributed by atoms with Gasteiger partial charge in [-0.1, -0.05) is 35.6 Å². The first kappa shape index (κ1) is 17.0. The molecule has 1 N–H and O–H groups in total. The maximum atomic E-state index is 12.7. The Morgan fingerprint density at radius 1 is 1.31 bits per heavy atom. The number of hydrogen-bond donors (Lipinski definition) is 1. The molecule has 4 rings (SSSR count). The molecule has 0 spiro atoms. The predicted octanol–water partition coefficient (Wildman–Crippen LogP) is 3.53. The molecule has 5 nitrogen and oxygen atoms in total. The molecule has 1 aliphatic rings. The minimum absolute atomic E-state index is 0.00717. The standard InChI is InChI=1S/C20H22N4OS/c1-14-6-2-3-7-15(14)12-22-18(25)16-8-5-11-24(13-16)20-23-17-9-4-10-21-19(17)26-20/h2-4,6-7,9-10,16H,5,8,11-13H2,1H3,(H,22,25). The second-order valence-corrected chi connectivity index (χ2v) is 7.71. The van der Waals surface area contributed by atoms with Gasteiger partial charge in [0.15, 0.2) is 5.13 Å². The number of pyridine rings is 1.